The molecule has 5 unspecified atom stereocenters. The molecule has 17 nitrogen and oxygen atoms in total. The molecule has 0 saturated heterocycles. The van der Waals surface area contributed by atoms with Crippen LogP contribution in [0.2, 0.25) is 0 Å². The molecule has 0 aliphatic carbocycles. The zero-order chi connectivity index (χ0) is 71.7. The van der Waals surface area contributed by atoms with Gasteiger partial charge in [-0.25, -0.2) is 9.13 Å². The zero-order valence-electron chi connectivity index (χ0n) is 63.7. The number of aliphatic hydroxyl groups excluding tert-OH is 1. The fraction of sp³-hybridized carbons (Fsp3) is 0.949. The number of ether oxygens (including phenoxy) is 4. The maximum absolute atomic E-state index is 13.1. The molecule has 0 aromatic rings. The molecule has 3 N–H and O–H groups in total. The van der Waals surface area contributed by atoms with Gasteiger partial charge in [0.05, 0.1) is 26.4 Å². The van der Waals surface area contributed by atoms with Crippen molar-refractivity contribution in [3.05, 3.63) is 0 Å². The van der Waals surface area contributed by atoms with Crippen molar-refractivity contribution in [3.63, 3.8) is 0 Å². The Balaban J connectivity index is 5.20. The van der Waals surface area contributed by atoms with Gasteiger partial charge >= 0.3 is 39.5 Å². The Morgan fingerprint density at radius 2 is 0.495 bits per heavy atom. The third-order valence-corrected chi connectivity index (χ3v) is 20.7. The summed E-state index contributed by atoms with van der Waals surface area (Å²) in [5, 5.41) is 10.6. The van der Waals surface area contributed by atoms with E-state index >= 15 is 0 Å². The van der Waals surface area contributed by atoms with Crippen LogP contribution in [-0.4, -0.2) is 96.7 Å². The predicted octanol–water partition coefficient (Wildman–Crippen LogP) is 22.8. The molecule has 0 fully saturated rings. The van der Waals surface area contributed by atoms with Gasteiger partial charge < -0.3 is 33.8 Å². The van der Waals surface area contributed by atoms with Crippen molar-refractivity contribution >= 4 is 39.5 Å². The minimum Gasteiger partial charge on any atom is -0.462 e. The molecule has 0 spiro atoms. The number of hydrogen-bond donors (Lipinski definition) is 3. The lowest BCUT2D eigenvalue weighted by molar-refractivity contribution is -0.161. The molecular weight excluding hydrogens is 1270 g/mol. The van der Waals surface area contributed by atoms with Crippen LogP contribution in [0.5, 0.6) is 0 Å². The van der Waals surface area contributed by atoms with Gasteiger partial charge in [-0.3, -0.25) is 37.3 Å². The summed E-state index contributed by atoms with van der Waals surface area (Å²) in [6.07, 6.45) is 52.9. The third kappa shape index (κ3) is 69.5. The Hall–Kier alpha value is -1.94. The van der Waals surface area contributed by atoms with E-state index in [0.717, 1.165) is 114 Å². The van der Waals surface area contributed by atoms with Crippen molar-refractivity contribution in [2.75, 3.05) is 39.6 Å². The summed E-state index contributed by atoms with van der Waals surface area (Å²) in [6, 6.07) is 0. The Bertz CT molecular complexity index is 1910. The predicted molar refractivity (Wildman–Crippen MR) is 395 cm³/mol. The number of carbonyl (C=O) groups is 4. The summed E-state index contributed by atoms with van der Waals surface area (Å²) in [5.41, 5.74) is 0. The minimum absolute atomic E-state index is 0.103. The first kappa shape index (κ1) is 95.1. The van der Waals surface area contributed by atoms with Crippen molar-refractivity contribution in [1.29, 1.82) is 0 Å². The van der Waals surface area contributed by atoms with E-state index < -0.39 is 97.5 Å². The fourth-order valence-electron chi connectivity index (χ4n) is 11.8. The number of phosphoric acid groups is 2. The maximum atomic E-state index is 13.1. The fourth-order valence-corrected chi connectivity index (χ4v) is 13.4. The lowest BCUT2D eigenvalue weighted by Crippen LogP contribution is -2.30. The quantitative estimate of drug-likeness (QED) is 0.0222. The highest BCUT2D eigenvalue weighted by Crippen LogP contribution is 2.45. The molecule has 7 atom stereocenters. The van der Waals surface area contributed by atoms with E-state index in [9.17, 15) is 43.2 Å². The summed E-state index contributed by atoms with van der Waals surface area (Å²) >= 11 is 0. The molecule has 0 aliphatic heterocycles. The lowest BCUT2D eigenvalue weighted by Gasteiger charge is -2.21. The second-order valence-corrected chi connectivity index (χ2v) is 32.4. The van der Waals surface area contributed by atoms with Gasteiger partial charge in [-0.05, 0) is 49.4 Å². The largest absolute Gasteiger partial charge is 0.472 e. The molecule has 0 aliphatic rings. The first-order valence-electron chi connectivity index (χ1n) is 40.3. The standard InChI is InChI=1S/C78H152O17P2/c1-9-70(7)56-48-40-32-23-19-17-15-13-11-12-14-16-18-20-26-35-44-52-60-77(82)94-73(64-88-75(80)58-50-42-34-25-22-21-24-33-41-49-57-71(8)10-2)66-92-96(84,85)90-62-72(79)63-91-97(86,87)93-67-74(65-89-76(81)59-51-43-37-29-31-39-47-55-69(5)6)95-78(83)61-53-45-36-28-27-30-38-46-54-68(3)4/h68-74,79H,9-67H2,1-8H3,(H,84,85)(H,86,87)/t70?,71?,72?,73-,74-/m1/s1. The topological polar surface area (TPSA) is 237 Å². The van der Waals surface area contributed by atoms with E-state index in [1.54, 1.807) is 0 Å². The second-order valence-electron chi connectivity index (χ2n) is 29.5. The first-order valence-corrected chi connectivity index (χ1v) is 43.3. The highest BCUT2D eigenvalue weighted by atomic mass is 31.2. The van der Waals surface area contributed by atoms with Crippen LogP contribution in [0.1, 0.15) is 396 Å². The molecule has 0 saturated carbocycles. The molecule has 0 radical (unpaired) electrons. The van der Waals surface area contributed by atoms with E-state index in [0.29, 0.717) is 31.6 Å². The van der Waals surface area contributed by atoms with Gasteiger partial charge in [-0.1, -0.05) is 344 Å². The van der Waals surface area contributed by atoms with Crippen molar-refractivity contribution < 1.29 is 80.2 Å². The molecule has 0 rings (SSSR count). The molecule has 0 aromatic carbocycles. The Labute approximate surface area is 594 Å². The molecule has 0 amide bonds. The van der Waals surface area contributed by atoms with Gasteiger partial charge in [0.1, 0.15) is 19.3 Å². The number of hydrogen-bond acceptors (Lipinski definition) is 15. The first-order chi connectivity index (χ1) is 46.7. The Morgan fingerprint density at radius 3 is 0.732 bits per heavy atom. The Morgan fingerprint density at radius 1 is 0.289 bits per heavy atom. The van der Waals surface area contributed by atoms with E-state index in [2.05, 4.69) is 55.4 Å². The number of unbranched alkanes of at least 4 members (excludes halogenated alkanes) is 39. The van der Waals surface area contributed by atoms with Crippen LogP contribution in [0.25, 0.3) is 0 Å². The number of esters is 4. The normalized spacial score (nSPS) is 14.6. The smallest absolute Gasteiger partial charge is 0.462 e. The van der Waals surface area contributed by atoms with Crippen LogP contribution in [-0.2, 0) is 65.4 Å². The van der Waals surface area contributed by atoms with Crippen molar-refractivity contribution in [1.82, 2.24) is 0 Å². The number of rotatable bonds is 75. The average Bonchev–Trinajstić information content (AvgIpc) is 1.33. The molecule has 0 aromatic heterocycles. The zero-order valence-corrected chi connectivity index (χ0v) is 65.5. The third-order valence-electron chi connectivity index (χ3n) is 18.8. The van der Waals surface area contributed by atoms with Crippen molar-refractivity contribution in [3.8, 4) is 0 Å². The van der Waals surface area contributed by atoms with Gasteiger partial charge in [0.2, 0.25) is 0 Å². The van der Waals surface area contributed by atoms with E-state index in [1.165, 1.54) is 193 Å². The lowest BCUT2D eigenvalue weighted by atomic mass is 9.99. The minimum atomic E-state index is -4.96. The number of carbonyl (C=O) groups excluding carboxylic acids is 4. The maximum Gasteiger partial charge on any atom is 0.472 e. The highest BCUT2D eigenvalue weighted by molar-refractivity contribution is 7.47. The van der Waals surface area contributed by atoms with Crippen LogP contribution < -0.4 is 0 Å². The van der Waals surface area contributed by atoms with Crippen LogP contribution in [0, 0.1) is 23.7 Å². The summed E-state index contributed by atoms with van der Waals surface area (Å²) in [5.74, 6) is 0.982. The summed E-state index contributed by atoms with van der Waals surface area (Å²) in [4.78, 5) is 72.8. The summed E-state index contributed by atoms with van der Waals surface area (Å²) < 4.78 is 68.5. The number of aliphatic hydroxyl groups is 1. The van der Waals surface area contributed by atoms with Gasteiger partial charge in [-0.15, -0.1) is 0 Å². The average molecular weight is 1420 g/mol. The highest BCUT2D eigenvalue weighted by Gasteiger charge is 2.30. The monoisotopic (exact) mass is 1420 g/mol. The van der Waals surface area contributed by atoms with E-state index in [4.69, 9.17) is 37.0 Å². The van der Waals surface area contributed by atoms with Gasteiger partial charge in [0.25, 0.3) is 0 Å². The van der Waals surface area contributed by atoms with Crippen LogP contribution >= 0.6 is 15.6 Å². The van der Waals surface area contributed by atoms with Gasteiger partial charge in [0.15, 0.2) is 12.2 Å². The van der Waals surface area contributed by atoms with E-state index in [1.807, 2.05) is 0 Å². The van der Waals surface area contributed by atoms with Gasteiger partial charge in [0, 0.05) is 25.7 Å². The van der Waals surface area contributed by atoms with Crippen molar-refractivity contribution in [2.45, 2.75) is 414 Å². The van der Waals surface area contributed by atoms with Gasteiger partial charge in [-0.2, -0.15) is 0 Å². The molecule has 19 heteroatoms. The van der Waals surface area contributed by atoms with Crippen LogP contribution in [0.15, 0.2) is 0 Å². The summed E-state index contributed by atoms with van der Waals surface area (Å²) in [7, 11) is -9.91. The molecular formula is C78H152O17P2. The molecule has 97 heavy (non-hydrogen) atoms. The molecule has 0 bridgehead atoms. The second kappa shape index (κ2) is 67.2. The van der Waals surface area contributed by atoms with Crippen LogP contribution in [0.4, 0.5) is 0 Å². The van der Waals surface area contributed by atoms with Crippen molar-refractivity contribution in [2.24, 2.45) is 23.7 Å². The SMILES string of the molecule is CCC(C)CCCCCCCCCCCCCCCCCCCCC(=O)O[C@H](COC(=O)CCCCCCCCCCCCC(C)CC)COP(=O)(O)OCC(O)COP(=O)(O)OC[C@@H](COC(=O)CCCCCCCCCC(C)C)OC(=O)CCCCCCCCCCC(C)C. The van der Waals surface area contributed by atoms with E-state index in [-0.39, 0.29) is 25.7 Å². The molecule has 576 valence electrons. The number of phosphoric ester groups is 2. The molecule has 0 heterocycles. The van der Waals surface area contributed by atoms with Crippen LogP contribution in [0.3, 0.4) is 0 Å². The Kier molecular flexibility index (Phi) is 65.9. The summed E-state index contributed by atoms with van der Waals surface area (Å²) in [6.45, 7) is 14.2.